The fourth-order valence-electron chi connectivity index (χ4n) is 4.21. The minimum absolute atomic E-state index is 0.220. The molecule has 0 saturated carbocycles. The van der Waals surface area contributed by atoms with Crippen LogP contribution in [0.25, 0.3) is 11.5 Å². The average molecular weight is 445 g/mol. The second kappa shape index (κ2) is 8.54. The Balaban J connectivity index is 1.24. The molecule has 8 heteroatoms. The van der Waals surface area contributed by atoms with Crippen LogP contribution in [0.3, 0.4) is 0 Å². The lowest BCUT2D eigenvalue weighted by Gasteiger charge is -2.29. The molecule has 1 atom stereocenters. The Hall–Kier alpha value is -3.94. The van der Waals surface area contributed by atoms with Crippen LogP contribution in [-0.4, -0.2) is 40.3 Å². The molecule has 5 rings (SSSR count). The van der Waals surface area contributed by atoms with E-state index in [1.165, 1.54) is 10.5 Å². The summed E-state index contributed by atoms with van der Waals surface area (Å²) in [5.74, 6) is 0.930. The maximum Gasteiger partial charge on any atom is 0.255 e. The van der Waals surface area contributed by atoms with E-state index in [2.05, 4.69) is 10.3 Å². The number of carbonyl (C=O) groups is 3. The Morgan fingerprint density at radius 1 is 1.15 bits per heavy atom. The van der Waals surface area contributed by atoms with Crippen molar-refractivity contribution in [2.45, 2.75) is 38.8 Å². The lowest BCUT2D eigenvalue weighted by molar-refractivity contribution is -0.136. The molecule has 1 saturated heterocycles. The number of imide groups is 1. The largest absolute Gasteiger partial charge is 0.493 e. The summed E-state index contributed by atoms with van der Waals surface area (Å²) < 4.78 is 11.8. The van der Waals surface area contributed by atoms with E-state index in [1.54, 1.807) is 18.3 Å². The molecule has 2 aliphatic rings. The molecule has 1 unspecified atom stereocenters. The van der Waals surface area contributed by atoms with E-state index in [0.29, 0.717) is 42.4 Å². The van der Waals surface area contributed by atoms with Gasteiger partial charge in [-0.05, 0) is 37.6 Å². The summed E-state index contributed by atoms with van der Waals surface area (Å²) >= 11 is 0. The van der Waals surface area contributed by atoms with Crippen LogP contribution in [0.1, 0.15) is 40.1 Å². The van der Waals surface area contributed by atoms with Crippen molar-refractivity contribution in [1.29, 1.82) is 0 Å². The van der Waals surface area contributed by atoms with Gasteiger partial charge in [-0.3, -0.25) is 19.7 Å². The number of benzene rings is 2. The van der Waals surface area contributed by atoms with Crippen molar-refractivity contribution in [1.82, 2.24) is 15.2 Å². The molecule has 3 heterocycles. The van der Waals surface area contributed by atoms with Gasteiger partial charge in [-0.2, -0.15) is 0 Å². The highest BCUT2D eigenvalue weighted by molar-refractivity contribution is 6.05. The highest BCUT2D eigenvalue weighted by Crippen LogP contribution is 2.33. The third-order valence-electron chi connectivity index (χ3n) is 6.00. The fraction of sp³-hybridized carbons (Fsp3) is 0.280. The maximum atomic E-state index is 12.9. The van der Waals surface area contributed by atoms with Crippen molar-refractivity contribution in [2.24, 2.45) is 0 Å². The number of fused-ring (bicyclic) bond motifs is 1. The number of nitrogens with one attached hydrogen (secondary N) is 1. The van der Waals surface area contributed by atoms with Gasteiger partial charge in [-0.15, -0.1) is 0 Å². The Morgan fingerprint density at radius 2 is 1.97 bits per heavy atom. The van der Waals surface area contributed by atoms with E-state index in [0.717, 1.165) is 11.1 Å². The van der Waals surface area contributed by atoms with Crippen LogP contribution < -0.4 is 10.1 Å². The minimum atomic E-state index is -0.648. The van der Waals surface area contributed by atoms with Crippen LogP contribution in [0.5, 0.6) is 5.75 Å². The van der Waals surface area contributed by atoms with Crippen LogP contribution in [0.4, 0.5) is 0 Å². The molecule has 1 aromatic heterocycles. The van der Waals surface area contributed by atoms with Gasteiger partial charge in [0.05, 0.1) is 19.3 Å². The number of amides is 3. The first-order valence-electron chi connectivity index (χ1n) is 10.9. The number of oxazole rings is 1. The monoisotopic (exact) mass is 445 g/mol. The summed E-state index contributed by atoms with van der Waals surface area (Å²) in [6.07, 6.45) is 2.77. The first-order chi connectivity index (χ1) is 16.0. The van der Waals surface area contributed by atoms with Gasteiger partial charge in [0.1, 0.15) is 17.6 Å². The Kier molecular flexibility index (Phi) is 5.42. The average Bonchev–Trinajstić information content (AvgIpc) is 3.40. The lowest BCUT2D eigenvalue weighted by atomic mass is 10.0. The molecular weight excluding hydrogens is 422 g/mol. The first-order valence-corrected chi connectivity index (χ1v) is 10.9. The van der Waals surface area contributed by atoms with Gasteiger partial charge < -0.3 is 14.1 Å². The van der Waals surface area contributed by atoms with Crippen molar-refractivity contribution < 1.29 is 23.5 Å². The molecule has 168 valence electrons. The zero-order valence-corrected chi connectivity index (χ0v) is 18.2. The zero-order chi connectivity index (χ0) is 22.9. The quantitative estimate of drug-likeness (QED) is 0.585. The summed E-state index contributed by atoms with van der Waals surface area (Å²) in [4.78, 5) is 42.5. The molecule has 3 aromatic rings. The number of hydrogen-bond donors (Lipinski definition) is 1. The van der Waals surface area contributed by atoms with Crippen molar-refractivity contribution in [2.75, 3.05) is 6.61 Å². The molecule has 8 nitrogen and oxygen atoms in total. The third-order valence-corrected chi connectivity index (χ3v) is 6.00. The summed E-state index contributed by atoms with van der Waals surface area (Å²) in [5.41, 5.74) is 3.37. The molecule has 0 spiro atoms. The van der Waals surface area contributed by atoms with Gasteiger partial charge >= 0.3 is 0 Å². The van der Waals surface area contributed by atoms with Gasteiger partial charge in [0, 0.05) is 29.5 Å². The zero-order valence-electron chi connectivity index (χ0n) is 18.2. The molecular formula is C25H23N3O5. The summed E-state index contributed by atoms with van der Waals surface area (Å²) in [5, 5.41) is 2.32. The van der Waals surface area contributed by atoms with Gasteiger partial charge in [-0.1, -0.05) is 23.8 Å². The highest BCUT2D eigenvalue weighted by atomic mass is 16.5. The Bertz CT molecular complexity index is 1230. The molecule has 2 aromatic carbocycles. The van der Waals surface area contributed by atoms with E-state index in [9.17, 15) is 14.4 Å². The summed E-state index contributed by atoms with van der Waals surface area (Å²) in [6, 6.07) is 12.6. The normalized spacial score (nSPS) is 17.8. The fourth-order valence-corrected chi connectivity index (χ4v) is 4.21. The van der Waals surface area contributed by atoms with E-state index >= 15 is 0 Å². The smallest absolute Gasteiger partial charge is 0.255 e. The number of piperidine rings is 1. The van der Waals surface area contributed by atoms with Gasteiger partial charge in [0.2, 0.25) is 17.7 Å². The van der Waals surface area contributed by atoms with Crippen molar-refractivity contribution in [3.63, 3.8) is 0 Å². The van der Waals surface area contributed by atoms with Crippen molar-refractivity contribution in [3.05, 3.63) is 71.1 Å². The summed E-state index contributed by atoms with van der Waals surface area (Å²) in [7, 11) is 0. The first kappa shape index (κ1) is 20.9. The number of rotatable bonds is 6. The number of carbonyl (C=O) groups excluding carboxylic acids is 3. The van der Waals surface area contributed by atoms with Crippen molar-refractivity contribution >= 4 is 17.7 Å². The molecule has 1 fully saturated rings. The highest BCUT2D eigenvalue weighted by Gasteiger charge is 2.40. The number of nitrogens with zero attached hydrogens (tertiary/aromatic N) is 2. The molecule has 0 bridgehead atoms. The Morgan fingerprint density at radius 3 is 2.76 bits per heavy atom. The summed E-state index contributed by atoms with van der Waals surface area (Å²) in [6.45, 7) is 2.65. The van der Waals surface area contributed by atoms with Crippen molar-refractivity contribution in [3.8, 4) is 17.2 Å². The number of aryl methyl sites for hydroxylation is 1. The van der Waals surface area contributed by atoms with Crippen LogP contribution in [0.15, 0.2) is 53.1 Å². The van der Waals surface area contributed by atoms with E-state index in [1.807, 2.05) is 37.3 Å². The number of hydrogen-bond acceptors (Lipinski definition) is 6. The second-order valence-electron chi connectivity index (χ2n) is 8.28. The second-order valence-corrected chi connectivity index (χ2v) is 8.28. The molecule has 33 heavy (non-hydrogen) atoms. The number of ether oxygens (including phenoxy) is 1. The SMILES string of the molecule is Cc1ccc(-c2ncc(CCOc3cccc4c3CN(C3CCC(=O)NC3=O)C4=O)o2)cc1. The minimum Gasteiger partial charge on any atom is -0.493 e. The van der Waals surface area contributed by atoms with Gasteiger partial charge in [0.15, 0.2) is 0 Å². The molecule has 0 radical (unpaired) electrons. The van der Waals surface area contributed by atoms with Crippen LogP contribution in [-0.2, 0) is 22.6 Å². The van der Waals surface area contributed by atoms with Crippen LogP contribution >= 0.6 is 0 Å². The van der Waals surface area contributed by atoms with E-state index in [4.69, 9.17) is 9.15 Å². The molecule has 0 aliphatic carbocycles. The van der Waals surface area contributed by atoms with E-state index in [-0.39, 0.29) is 24.8 Å². The molecule has 2 aliphatic heterocycles. The predicted octanol–water partition coefficient (Wildman–Crippen LogP) is 3.03. The lowest BCUT2D eigenvalue weighted by Crippen LogP contribution is -2.52. The molecule has 3 amide bonds. The third kappa shape index (κ3) is 4.11. The Labute approximate surface area is 190 Å². The molecule has 1 N–H and O–H groups in total. The van der Waals surface area contributed by atoms with Gasteiger partial charge in [-0.25, -0.2) is 4.98 Å². The maximum absolute atomic E-state index is 12.9. The van der Waals surface area contributed by atoms with E-state index < -0.39 is 11.9 Å². The topological polar surface area (TPSA) is 102 Å². The van der Waals surface area contributed by atoms with Crippen LogP contribution in [0, 0.1) is 6.92 Å². The standard InChI is InChI=1S/C25H23N3O5/c1-15-5-7-16(8-6-15)24-26-13-17(33-24)11-12-32-21-4-2-3-18-19(21)14-28(25(18)31)20-9-10-22(29)27-23(20)30/h2-8,13,20H,9-12,14H2,1H3,(H,27,29,30). The number of aromatic nitrogens is 1. The predicted molar refractivity (Wildman–Crippen MR) is 118 cm³/mol. The van der Waals surface area contributed by atoms with Crippen LogP contribution in [0.2, 0.25) is 0 Å². The van der Waals surface area contributed by atoms with Gasteiger partial charge in [0.25, 0.3) is 5.91 Å².